The number of halogens is 1. The second kappa shape index (κ2) is 5.37. The number of nitrogens with zero attached hydrogens (tertiary/aromatic N) is 3. The zero-order valence-corrected chi connectivity index (χ0v) is 12.3. The van der Waals surface area contributed by atoms with Gasteiger partial charge in [0.25, 0.3) is 0 Å². The average Bonchev–Trinajstić information content (AvgIpc) is 3.16. The van der Waals surface area contributed by atoms with Gasteiger partial charge in [-0.25, -0.2) is 14.2 Å². The topological polar surface area (TPSA) is 68.9 Å². The van der Waals surface area contributed by atoms with Gasteiger partial charge in [0.05, 0.1) is 5.69 Å². The van der Waals surface area contributed by atoms with E-state index in [-0.39, 0.29) is 18.5 Å². The van der Waals surface area contributed by atoms with Gasteiger partial charge < -0.3 is 5.32 Å². The summed E-state index contributed by atoms with van der Waals surface area (Å²) in [5.41, 5.74) is 1.22. The molecule has 110 valence electrons. The SMILES string of the molecule is Cc1cc(Cl)ccc1-n1cnc(=O)n1CC(=O)NC1CC1. The Morgan fingerprint density at radius 3 is 2.90 bits per heavy atom. The first-order chi connectivity index (χ1) is 10.0. The predicted molar refractivity (Wildman–Crippen MR) is 78.7 cm³/mol. The largest absolute Gasteiger partial charge is 0.364 e. The van der Waals surface area contributed by atoms with E-state index in [1.54, 1.807) is 22.9 Å². The Labute approximate surface area is 126 Å². The highest BCUT2D eigenvalue weighted by Crippen LogP contribution is 2.19. The molecule has 1 aromatic carbocycles. The second-order valence-corrected chi connectivity index (χ2v) is 5.64. The number of benzene rings is 1. The van der Waals surface area contributed by atoms with Gasteiger partial charge in [0.1, 0.15) is 12.9 Å². The lowest BCUT2D eigenvalue weighted by Gasteiger charge is -2.13. The highest BCUT2D eigenvalue weighted by molar-refractivity contribution is 6.30. The molecule has 1 aliphatic carbocycles. The van der Waals surface area contributed by atoms with Crippen molar-refractivity contribution in [3.63, 3.8) is 0 Å². The zero-order chi connectivity index (χ0) is 15.0. The second-order valence-electron chi connectivity index (χ2n) is 5.20. The van der Waals surface area contributed by atoms with Gasteiger partial charge in [-0.05, 0) is 43.5 Å². The Kier molecular flexibility index (Phi) is 3.55. The van der Waals surface area contributed by atoms with Gasteiger partial charge >= 0.3 is 5.69 Å². The first kappa shape index (κ1) is 13.9. The third kappa shape index (κ3) is 3.00. The number of amides is 1. The summed E-state index contributed by atoms with van der Waals surface area (Å²) in [6, 6.07) is 5.61. The number of nitrogens with one attached hydrogen (secondary N) is 1. The maximum absolute atomic E-state index is 11.9. The van der Waals surface area contributed by atoms with Gasteiger partial charge in [0.15, 0.2) is 0 Å². The van der Waals surface area contributed by atoms with E-state index in [2.05, 4.69) is 10.3 Å². The molecular formula is C14H15ClN4O2. The lowest BCUT2D eigenvalue weighted by atomic mass is 10.2. The lowest BCUT2D eigenvalue weighted by Crippen LogP contribution is -2.35. The number of carbonyl (C=O) groups excluding carboxylic acids is 1. The molecule has 1 fully saturated rings. The minimum Gasteiger partial charge on any atom is -0.352 e. The van der Waals surface area contributed by atoms with Crippen molar-refractivity contribution >= 4 is 17.5 Å². The minimum absolute atomic E-state index is 0.0442. The predicted octanol–water partition coefficient (Wildman–Crippen LogP) is 1.27. The molecule has 0 aliphatic heterocycles. The molecule has 7 heteroatoms. The van der Waals surface area contributed by atoms with Crippen LogP contribution < -0.4 is 11.0 Å². The van der Waals surface area contributed by atoms with Crippen molar-refractivity contribution < 1.29 is 4.79 Å². The van der Waals surface area contributed by atoms with Crippen LogP contribution in [0, 0.1) is 6.92 Å². The number of carbonyl (C=O) groups is 1. The van der Waals surface area contributed by atoms with E-state index in [9.17, 15) is 9.59 Å². The van der Waals surface area contributed by atoms with Crippen molar-refractivity contribution in [3.8, 4) is 5.69 Å². The Balaban J connectivity index is 1.92. The third-order valence-corrected chi connectivity index (χ3v) is 3.64. The van der Waals surface area contributed by atoms with Crippen LogP contribution in [0.3, 0.4) is 0 Å². The van der Waals surface area contributed by atoms with Gasteiger partial charge in [-0.2, -0.15) is 4.98 Å². The quantitative estimate of drug-likeness (QED) is 0.925. The summed E-state index contributed by atoms with van der Waals surface area (Å²) in [5.74, 6) is -0.173. The molecule has 3 rings (SSSR count). The minimum atomic E-state index is -0.449. The van der Waals surface area contributed by atoms with Crippen LogP contribution in [0.4, 0.5) is 0 Å². The molecule has 2 aromatic rings. The standard InChI is InChI=1S/C14H15ClN4O2/c1-9-6-10(15)2-5-12(9)19-8-16-14(21)18(19)7-13(20)17-11-3-4-11/h2,5-6,8,11H,3-4,7H2,1H3,(H,17,20). The van der Waals surface area contributed by atoms with Crippen molar-refractivity contribution in [2.24, 2.45) is 0 Å². The normalized spacial score (nSPS) is 14.2. The van der Waals surface area contributed by atoms with Crippen molar-refractivity contribution in [2.45, 2.75) is 32.4 Å². The van der Waals surface area contributed by atoms with Gasteiger partial charge in [0.2, 0.25) is 5.91 Å². The summed E-state index contributed by atoms with van der Waals surface area (Å²) in [4.78, 5) is 27.5. The van der Waals surface area contributed by atoms with E-state index in [1.165, 1.54) is 11.0 Å². The van der Waals surface area contributed by atoms with Crippen LogP contribution in [0.2, 0.25) is 5.02 Å². The van der Waals surface area contributed by atoms with Crippen molar-refractivity contribution in [1.29, 1.82) is 0 Å². The van der Waals surface area contributed by atoms with Crippen LogP contribution in [0.1, 0.15) is 18.4 Å². The first-order valence-electron chi connectivity index (χ1n) is 6.75. The number of rotatable bonds is 4. The molecule has 21 heavy (non-hydrogen) atoms. The van der Waals surface area contributed by atoms with Crippen molar-refractivity contribution in [3.05, 3.63) is 45.6 Å². The Hall–Kier alpha value is -2.08. The number of aryl methyl sites for hydroxylation is 1. The van der Waals surface area contributed by atoms with Gasteiger partial charge in [-0.15, -0.1) is 0 Å². The fourth-order valence-corrected chi connectivity index (χ4v) is 2.40. The maximum Gasteiger partial charge on any atom is 0.364 e. The first-order valence-corrected chi connectivity index (χ1v) is 7.13. The molecule has 1 heterocycles. The molecule has 1 amide bonds. The van der Waals surface area contributed by atoms with Crippen LogP contribution >= 0.6 is 11.6 Å². The number of aromatic nitrogens is 3. The van der Waals surface area contributed by atoms with Gasteiger partial charge in [0, 0.05) is 11.1 Å². The summed E-state index contributed by atoms with van der Waals surface area (Å²) in [6.45, 7) is 1.84. The van der Waals surface area contributed by atoms with E-state index < -0.39 is 5.69 Å². The van der Waals surface area contributed by atoms with E-state index >= 15 is 0 Å². The van der Waals surface area contributed by atoms with Crippen LogP contribution in [-0.4, -0.2) is 26.3 Å². The highest BCUT2D eigenvalue weighted by Gasteiger charge is 2.24. The van der Waals surface area contributed by atoms with Gasteiger partial charge in [-0.1, -0.05) is 11.6 Å². The molecule has 0 atom stereocenters. The van der Waals surface area contributed by atoms with Crippen LogP contribution in [0.25, 0.3) is 5.69 Å². The molecule has 0 unspecified atom stereocenters. The summed E-state index contributed by atoms with van der Waals surface area (Å²) < 4.78 is 2.90. The zero-order valence-electron chi connectivity index (χ0n) is 11.5. The third-order valence-electron chi connectivity index (χ3n) is 3.40. The summed E-state index contributed by atoms with van der Waals surface area (Å²) in [5, 5.41) is 3.48. The molecule has 1 aliphatic rings. The van der Waals surface area contributed by atoms with Crippen molar-refractivity contribution in [2.75, 3.05) is 0 Å². The Bertz CT molecular complexity index is 746. The molecule has 1 aromatic heterocycles. The van der Waals surface area contributed by atoms with E-state index in [4.69, 9.17) is 11.6 Å². The lowest BCUT2D eigenvalue weighted by molar-refractivity contribution is -0.122. The average molecular weight is 307 g/mol. The molecule has 6 nitrogen and oxygen atoms in total. The molecule has 0 saturated heterocycles. The van der Waals surface area contributed by atoms with Crippen molar-refractivity contribution in [1.82, 2.24) is 19.7 Å². The van der Waals surface area contributed by atoms with Crippen LogP contribution in [0.5, 0.6) is 0 Å². The molecular weight excluding hydrogens is 292 g/mol. The summed E-state index contributed by atoms with van der Waals surface area (Å²) in [7, 11) is 0. The maximum atomic E-state index is 11.9. The molecule has 0 bridgehead atoms. The summed E-state index contributed by atoms with van der Waals surface area (Å²) >= 11 is 5.94. The summed E-state index contributed by atoms with van der Waals surface area (Å²) in [6.07, 6.45) is 3.44. The fourth-order valence-electron chi connectivity index (χ4n) is 2.17. The number of hydrogen-bond donors (Lipinski definition) is 1. The van der Waals surface area contributed by atoms with E-state index in [1.807, 2.05) is 6.92 Å². The highest BCUT2D eigenvalue weighted by atomic mass is 35.5. The van der Waals surface area contributed by atoms with Gasteiger partial charge in [-0.3, -0.25) is 4.79 Å². The Morgan fingerprint density at radius 2 is 2.24 bits per heavy atom. The van der Waals surface area contributed by atoms with E-state index in [0.29, 0.717) is 5.02 Å². The smallest absolute Gasteiger partial charge is 0.352 e. The molecule has 0 radical (unpaired) electrons. The molecule has 1 saturated carbocycles. The van der Waals surface area contributed by atoms with Crippen LogP contribution in [-0.2, 0) is 11.3 Å². The monoisotopic (exact) mass is 306 g/mol. The Morgan fingerprint density at radius 1 is 1.48 bits per heavy atom. The number of hydrogen-bond acceptors (Lipinski definition) is 3. The van der Waals surface area contributed by atoms with Crippen LogP contribution in [0.15, 0.2) is 29.3 Å². The van der Waals surface area contributed by atoms with E-state index in [0.717, 1.165) is 24.1 Å². The molecule has 0 spiro atoms. The fraction of sp³-hybridized carbons (Fsp3) is 0.357. The molecule has 1 N–H and O–H groups in total.